The number of H-pyrrole nitrogens is 1. The lowest BCUT2D eigenvalue weighted by Gasteiger charge is -2.28. The first-order valence-electron chi connectivity index (χ1n) is 10.4. The van der Waals surface area contributed by atoms with Crippen molar-refractivity contribution in [3.63, 3.8) is 0 Å². The number of benzene rings is 1. The summed E-state index contributed by atoms with van der Waals surface area (Å²) in [4.78, 5) is 10.6. The molecule has 2 aromatic rings. The monoisotopic (exact) mass is 403 g/mol. The molecule has 0 spiro atoms. The fraction of sp³-hybridized carbons (Fsp3) is 0.609. The quantitative estimate of drug-likeness (QED) is 0.624. The molecule has 2 heterocycles. The van der Waals surface area contributed by atoms with E-state index in [-0.39, 0.29) is 7.43 Å². The van der Waals surface area contributed by atoms with Crippen molar-refractivity contribution < 1.29 is 4.74 Å². The van der Waals surface area contributed by atoms with Crippen LogP contribution in [0.3, 0.4) is 0 Å². The van der Waals surface area contributed by atoms with Crippen LogP contribution in [0.5, 0.6) is 5.75 Å². The van der Waals surface area contributed by atoms with E-state index in [0.717, 1.165) is 48.9 Å². The third-order valence-electron chi connectivity index (χ3n) is 6.01. The van der Waals surface area contributed by atoms with Crippen LogP contribution in [0.4, 0.5) is 0 Å². The van der Waals surface area contributed by atoms with E-state index >= 15 is 0 Å². The molecule has 2 aliphatic rings. The predicted octanol–water partition coefficient (Wildman–Crippen LogP) is 5.75. The highest BCUT2D eigenvalue weighted by molar-refractivity contribution is 6.33. The molecule has 0 bridgehead atoms. The molecule has 0 amide bonds. The molecule has 0 unspecified atom stereocenters. The fourth-order valence-corrected chi connectivity index (χ4v) is 4.53. The molecular weight excluding hydrogens is 370 g/mol. The van der Waals surface area contributed by atoms with Gasteiger partial charge in [0.05, 0.1) is 17.3 Å². The average molecular weight is 404 g/mol. The summed E-state index contributed by atoms with van der Waals surface area (Å²) in [6.45, 7) is 3.23. The molecule has 1 aromatic carbocycles. The molecule has 0 radical (unpaired) electrons. The first-order valence-corrected chi connectivity index (χ1v) is 10.8. The van der Waals surface area contributed by atoms with E-state index in [4.69, 9.17) is 21.3 Å². The van der Waals surface area contributed by atoms with Crippen LogP contribution in [0.1, 0.15) is 57.3 Å². The molecule has 1 fully saturated rings. The van der Waals surface area contributed by atoms with Gasteiger partial charge in [0.1, 0.15) is 11.6 Å². The molecule has 1 aromatic heterocycles. The summed E-state index contributed by atoms with van der Waals surface area (Å²) in [7, 11) is 2.21. The highest BCUT2D eigenvalue weighted by atomic mass is 35.5. The van der Waals surface area contributed by atoms with E-state index in [1.54, 1.807) is 0 Å². The van der Waals surface area contributed by atoms with E-state index in [9.17, 15) is 0 Å². The number of likely N-dealkylation sites (tertiary alicyclic amines) is 1. The van der Waals surface area contributed by atoms with E-state index < -0.39 is 0 Å². The number of piperidine rings is 1. The predicted molar refractivity (Wildman–Crippen MR) is 117 cm³/mol. The van der Waals surface area contributed by atoms with Crippen LogP contribution in [0.25, 0.3) is 11.4 Å². The first-order chi connectivity index (χ1) is 13.2. The van der Waals surface area contributed by atoms with Gasteiger partial charge in [0.2, 0.25) is 0 Å². The van der Waals surface area contributed by atoms with Crippen LogP contribution in [-0.4, -0.2) is 41.6 Å². The maximum Gasteiger partial charge on any atom is 0.139 e. The van der Waals surface area contributed by atoms with Gasteiger partial charge in [-0.05, 0) is 95.6 Å². The van der Waals surface area contributed by atoms with Gasteiger partial charge in [0.15, 0.2) is 0 Å². The zero-order chi connectivity index (χ0) is 18.6. The second-order valence-corrected chi connectivity index (χ2v) is 8.50. The number of rotatable bonds is 6. The van der Waals surface area contributed by atoms with E-state index in [0.29, 0.717) is 5.02 Å². The number of halogens is 1. The number of aromatic amines is 1. The number of nitrogens with one attached hydrogen (secondary N) is 1. The Morgan fingerprint density at radius 1 is 1.21 bits per heavy atom. The number of fused-ring (bicyclic) bond motifs is 1. The van der Waals surface area contributed by atoms with Crippen molar-refractivity contribution in [3.05, 3.63) is 34.6 Å². The summed E-state index contributed by atoms with van der Waals surface area (Å²) in [6.07, 6.45) is 9.66. The van der Waals surface area contributed by atoms with Crippen molar-refractivity contribution in [1.82, 2.24) is 14.9 Å². The molecular formula is C23H34ClN3O. The average Bonchev–Trinajstić information content (AvgIpc) is 3.10. The summed E-state index contributed by atoms with van der Waals surface area (Å²) in [6, 6.07) is 5.96. The highest BCUT2D eigenvalue weighted by Gasteiger charge is 2.18. The summed E-state index contributed by atoms with van der Waals surface area (Å²) in [5.41, 5.74) is 3.45. The van der Waals surface area contributed by atoms with Gasteiger partial charge in [-0.3, -0.25) is 0 Å². The minimum absolute atomic E-state index is 0. The van der Waals surface area contributed by atoms with Gasteiger partial charge >= 0.3 is 0 Å². The van der Waals surface area contributed by atoms with Crippen molar-refractivity contribution in [2.75, 3.05) is 26.7 Å². The molecule has 1 aliphatic heterocycles. The largest absolute Gasteiger partial charge is 0.494 e. The Morgan fingerprint density at radius 3 is 2.75 bits per heavy atom. The van der Waals surface area contributed by atoms with E-state index in [2.05, 4.69) is 16.9 Å². The second kappa shape index (κ2) is 9.80. The highest BCUT2D eigenvalue weighted by Crippen LogP contribution is 2.32. The number of aromatic nitrogens is 2. The maximum atomic E-state index is 6.53. The third-order valence-corrected chi connectivity index (χ3v) is 6.33. The van der Waals surface area contributed by atoms with E-state index in [1.807, 2.05) is 18.2 Å². The first kappa shape index (κ1) is 21.2. The van der Waals surface area contributed by atoms with Crippen LogP contribution in [0, 0.1) is 5.92 Å². The SMILES string of the molecule is C.CN1CCC(CCCOc2ccc(-c3nc4c([nH]3)CCCC4)c(Cl)c2)CC1. The Labute approximate surface area is 174 Å². The molecule has 154 valence electrons. The Morgan fingerprint density at radius 2 is 2.00 bits per heavy atom. The van der Waals surface area contributed by atoms with Crippen molar-refractivity contribution in [2.45, 2.75) is 58.8 Å². The summed E-state index contributed by atoms with van der Waals surface area (Å²) < 4.78 is 5.95. The van der Waals surface area contributed by atoms with Gasteiger partial charge in [-0.15, -0.1) is 0 Å². The maximum absolute atomic E-state index is 6.53. The molecule has 4 nitrogen and oxygen atoms in total. The molecule has 1 N–H and O–H groups in total. The molecule has 0 atom stereocenters. The van der Waals surface area contributed by atoms with Gasteiger partial charge in [0.25, 0.3) is 0 Å². The number of hydrogen-bond acceptors (Lipinski definition) is 3. The van der Waals surface area contributed by atoms with Crippen LogP contribution < -0.4 is 4.74 Å². The van der Waals surface area contributed by atoms with Gasteiger partial charge in [-0.25, -0.2) is 4.98 Å². The smallest absolute Gasteiger partial charge is 0.139 e. The number of nitrogens with zero attached hydrogens (tertiary/aromatic N) is 2. The zero-order valence-electron chi connectivity index (χ0n) is 16.3. The minimum Gasteiger partial charge on any atom is -0.494 e. The normalized spacial score (nSPS) is 17.8. The topological polar surface area (TPSA) is 41.1 Å². The zero-order valence-corrected chi connectivity index (χ0v) is 17.0. The number of ether oxygens (including phenoxy) is 1. The molecule has 0 saturated carbocycles. The van der Waals surface area contributed by atoms with Gasteiger partial charge in [-0.1, -0.05) is 19.0 Å². The number of imidazole rings is 1. The van der Waals surface area contributed by atoms with Crippen LogP contribution >= 0.6 is 11.6 Å². The lowest BCUT2D eigenvalue weighted by atomic mass is 9.93. The molecule has 5 heteroatoms. The van der Waals surface area contributed by atoms with Crippen LogP contribution in [0.2, 0.25) is 5.02 Å². The second-order valence-electron chi connectivity index (χ2n) is 8.10. The summed E-state index contributed by atoms with van der Waals surface area (Å²) in [5.74, 6) is 2.60. The lowest BCUT2D eigenvalue weighted by molar-refractivity contribution is 0.200. The van der Waals surface area contributed by atoms with Crippen molar-refractivity contribution in [2.24, 2.45) is 5.92 Å². The van der Waals surface area contributed by atoms with Gasteiger partial charge in [-0.2, -0.15) is 0 Å². The van der Waals surface area contributed by atoms with Crippen molar-refractivity contribution in [3.8, 4) is 17.1 Å². The van der Waals surface area contributed by atoms with E-state index in [1.165, 1.54) is 56.6 Å². The Balaban J connectivity index is 0.00000225. The van der Waals surface area contributed by atoms with Crippen LogP contribution in [0.15, 0.2) is 18.2 Å². The Kier molecular flexibility index (Phi) is 7.42. The molecule has 1 saturated heterocycles. The molecule has 28 heavy (non-hydrogen) atoms. The molecule has 4 rings (SSSR count). The Bertz CT molecular complexity index is 742. The third kappa shape index (κ3) is 5.09. The lowest BCUT2D eigenvalue weighted by Crippen LogP contribution is -2.30. The number of hydrogen-bond donors (Lipinski definition) is 1. The van der Waals surface area contributed by atoms with Gasteiger partial charge < -0.3 is 14.6 Å². The summed E-state index contributed by atoms with van der Waals surface area (Å²) in [5, 5.41) is 0.703. The van der Waals surface area contributed by atoms with Crippen LogP contribution in [-0.2, 0) is 12.8 Å². The Hall–Kier alpha value is -1.52. The van der Waals surface area contributed by atoms with Crippen molar-refractivity contribution >= 4 is 11.6 Å². The van der Waals surface area contributed by atoms with Crippen molar-refractivity contribution in [1.29, 1.82) is 0 Å². The molecule has 1 aliphatic carbocycles. The minimum atomic E-state index is 0. The summed E-state index contributed by atoms with van der Waals surface area (Å²) >= 11 is 6.53. The van der Waals surface area contributed by atoms with Gasteiger partial charge in [0, 0.05) is 11.3 Å². The number of aryl methyl sites for hydroxylation is 2. The fourth-order valence-electron chi connectivity index (χ4n) is 4.27. The standard InChI is InChI=1S/C22H30ClN3O.CH4/c1-26-12-10-16(11-13-26)5-4-14-27-17-8-9-18(19(23)15-17)22-24-20-6-2-3-7-21(20)25-22;/h8-9,15-16H,2-7,10-14H2,1H3,(H,24,25);1H4.